The minimum atomic E-state index is 0. The number of benzene rings is 2. The van der Waals surface area contributed by atoms with Crippen molar-refractivity contribution in [1.82, 2.24) is 0 Å². The molecular formula is C21H22Cl2Zr. The van der Waals surface area contributed by atoms with Gasteiger partial charge in [0.2, 0.25) is 0 Å². The predicted molar refractivity (Wildman–Crippen MR) is 109 cm³/mol. The Morgan fingerprint density at radius 2 is 1.38 bits per heavy atom. The van der Waals surface area contributed by atoms with Gasteiger partial charge in [-0.3, -0.25) is 6.08 Å². The molecule has 1 aliphatic carbocycles. The van der Waals surface area contributed by atoms with Crippen molar-refractivity contribution >= 4 is 49.6 Å². The Hall–Kier alpha value is -0.877. The molecule has 3 aromatic rings. The van der Waals surface area contributed by atoms with Gasteiger partial charge in [0.1, 0.15) is 0 Å². The molecule has 0 heterocycles. The Morgan fingerprint density at radius 3 is 1.71 bits per heavy atom. The Kier molecular flexibility index (Phi) is 12.0. The average Bonchev–Trinajstić information content (AvgIpc) is 3.18. The third kappa shape index (κ3) is 7.35. The van der Waals surface area contributed by atoms with Crippen molar-refractivity contribution in [2.45, 2.75) is 20.3 Å². The summed E-state index contributed by atoms with van der Waals surface area (Å²) in [6, 6.07) is 19.3. The van der Waals surface area contributed by atoms with Gasteiger partial charge in [-0.2, -0.15) is 6.08 Å². The van der Waals surface area contributed by atoms with Gasteiger partial charge in [0.05, 0.1) is 0 Å². The molecule has 3 aromatic carbocycles. The Balaban J connectivity index is 0.000000409. The Bertz CT molecular complexity index is 748. The van der Waals surface area contributed by atoms with E-state index in [1.165, 1.54) is 24.8 Å². The van der Waals surface area contributed by atoms with Crippen LogP contribution in [0, 0.1) is 6.08 Å². The fraction of sp³-hybridized carbons (Fsp3) is 0.143. The zero-order valence-electron chi connectivity index (χ0n) is 14.0. The summed E-state index contributed by atoms with van der Waals surface area (Å²) >= 11 is 1.55. The normalized spacial score (nSPS) is 10.8. The Morgan fingerprint density at radius 1 is 0.917 bits per heavy atom. The van der Waals surface area contributed by atoms with E-state index >= 15 is 0 Å². The van der Waals surface area contributed by atoms with Gasteiger partial charge in [-0.25, -0.2) is 12.2 Å². The van der Waals surface area contributed by atoms with Crippen LogP contribution in [0.4, 0.5) is 0 Å². The van der Waals surface area contributed by atoms with E-state index in [0.29, 0.717) is 0 Å². The number of rotatable bonds is 0. The van der Waals surface area contributed by atoms with Gasteiger partial charge >= 0.3 is 41.3 Å². The van der Waals surface area contributed by atoms with Gasteiger partial charge in [-0.1, -0.05) is 36.4 Å². The SMILES string of the molecule is C[C](C)=[Zr+2].Cl.Cl.[C-]1=CC=CC1.c1ccc2c(c1)[cH-]c1ccccc12. The number of allylic oxidation sites excluding steroid dienone is 4. The second-order valence-corrected chi connectivity index (χ2v) is 7.78. The first-order valence-corrected chi connectivity index (χ1v) is 8.68. The van der Waals surface area contributed by atoms with Crippen LogP contribution in [-0.2, 0) is 24.2 Å². The second kappa shape index (κ2) is 12.5. The van der Waals surface area contributed by atoms with Crippen molar-refractivity contribution in [3.8, 4) is 0 Å². The van der Waals surface area contributed by atoms with E-state index in [0.717, 1.165) is 6.42 Å². The van der Waals surface area contributed by atoms with Crippen LogP contribution in [0.1, 0.15) is 20.3 Å². The van der Waals surface area contributed by atoms with E-state index in [1.54, 1.807) is 24.2 Å². The Labute approximate surface area is 172 Å². The summed E-state index contributed by atoms with van der Waals surface area (Å²) in [5, 5.41) is 5.39. The topological polar surface area (TPSA) is 0 Å². The molecule has 0 amide bonds. The maximum absolute atomic E-state index is 2.99. The molecule has 0 saturated heterocycles. The van der Waals surface area contributed by atoms with Crippen LogP contribution in [0.5, 0.6) is 0 Å². The summed E-state index contributed by atoms with van der Waals surface area (Å²) in [6.07, 6.45) is 10.0. The summed E-state index contributed by atoms with van der Waals surface area (Å²) in [4.78, 5) is 0. The van der Waals surface area contributed by atoms with Crippen molar-refractivity contribution in [2.75, 3.05) is 0 Å². The number of fused-ring (bicyclic) bond motifs is 3. The van der Waals surface area contributed by atoms with Crippen LogP contribution in [0.15, 0.2) is 72.8 Å². The van der Waals surface area contributed by atoms with Crippen molar-refractivity contribution in [3.05, 3.63) is 78.9 Å². The van der Waals surface area contributed by atoms with Crippen molar-refractivity contribution in [1.29, 1.82) is 0 Å². The van der Waals surface area contributed by atoms with Crippen molar-refractivity contribution < 1.29 is 24.2 Å². The molecule has 0 N–H and O–H groups in total. The second-order valence-electron chi connectivity index (χ2n) is 5.32. The van der Waals surface area contributed by atoms with Crippen molar-refractivity contribution in [3.63, 3.8) is 0 Å². The average molecular weight is 437 g/mol. The molecule has 0 nitrogen and oxygen atoms in total. The third-order valence-corrected chi connectivity index (χ3v) is 3.11. The van der Waals surface area contributed by atoms with E-state index in [-0.39, 0.29) is 24.8 Å². The fourth-order valence-electron chi connectivity index (χ4n) is 2.24. The first kappa shape index (κ1) is 23.1. The molecule has 0 bridgehead atoms. The van der Waals surface area contributed by atoms with E-state index in [4.69, 9.17) is 0 Å². The zero-order valence-corrected chi connectivity index (χ0v) is 18.0. The molecule has 0 aliphatic heterocycles. The quantitative estimate of drug-likeness (QED) is 0.348. The predicted octanol–water partition coefficient (Wildman–Crippen LogP) is 6.61. The van der Waals surface area contributed by atoms with E-state index in [1.807, 2.05) is 12.2 Å². The minimum absolute atomic E-state index is 0. The molecule has 24 heavy (non-hydrogen) atoms. The smallest absolute Gasteiger partial charge is 0.0771 e. The molecule has 3 heteroatoms. The van der Waals surface area contributed by atoms with E-state index in [2.05, 4.69) is 80.6 Å². The van der Waals surface area contributed by atoms with Gasteiger partial charge < -0.3 is 0 Å². The summed E-state index contributed by atoms with van der Waals surface area (Å²) in [5.74, 6) is 0. The van der Waals surface area contributed by atoms with Gasteiger partial charge in [0.15, 0.2) is 0 Å². The monoisotopic (exact) mass is 434 g/mol. The molecule has 0 saturated carbocycles. The first-order chi connectivity index (χ1) is 10.7. The molecule has 0 fully saturated rings. The molecular weight excluding hydrogens is 414 g/mol. The molecule has 0 radical (unpaired) electrons. The molecule has 0 unspecified atom stereocenters. The van der Waals surface area contributed by atoms with Crippen LogP contribution in [0.3, 0.4) is 0 Å². The fourth-order valence-corrected chi connectivity index (χ4v) is 2.24. The number of hydrogen-bond donors (Lipinski definition) is 0. The van der Waals surface area contributed by atoms with Crippen molar-refractivity contribution in [2.24, 2.45) is 0 Å². The van der Waals surface area contributed by atoms with Crippen LogP contribution >= 0.6 is 24.8 Å². The minimum Gasteiger partial charge on any atom is -0.273 e. The molecule has 124 valence electrons. The largest absolute Gasteiger partial charge is 0.273 e. The first-order valence-electron chi connectivity index (χ1n) is 7.45. The number of halogens is 2. The molecule has 1 aliphatic rings. The number of hydrogen-bond acceptors (Lipinski definition) is 0. The van der Waals surface area contributed by atoms with Gasteiger partial charge in [0, 0.05) is 0 Å². The van der Waals surface area contributed by atoms with Gasteiger partial charge in [0.25, 0.3) is 0 Å². The van der Waals surface area contributed by atoms with E-state index < -0.39 is 0 Å². The maximum atomic E-state index is 2.99. The molecule has 0 aromatic heterocycles. The standard InChI is InChI=1S/C13H9.C5H5.C3H6.2ClH.Zr/c1-3-7-12-10(5-1)9-11-6-2-4-8-13(11)12;1-2-4-5-3-1;1-3-2;;;/h1-9H;1-3H,4H2;1-2H3;2*1H;/q2*-1;;;;+2. The molecule has 4 rings (SSSR count). The van der Waals surface area contributed by atoms with Crippen LogP contribution in [-0.4, -0.2) is 3.21 Å². The van der Waals surface area contributed by atoms with Crippen LogP contribution < -0.4 is 0 Å². The molecule has 0 atom stereocenters. The summed E-state index contributed by atoms with van der Waals surface area (Å²) < 4.78 is 1.51. The zero-order chi connectivity index (χ0) is 15.8. The van der Waals surface area contributed by atoms with E-state index in [9.17, 15) is 0 Å². The van der Waals surface area contributed by atoms with Crippen LogP contribution in [0.25, 0.3) is 21.5 Å². The van der Waals surface area contributed by atoms with Crippen LogP contribution in [0.2, 0.25) is 0 Å². The third-order valence-electron chi connectivity index (χ3n) is 3.11. The summed E-state index contributed by atoms with van der Waals surface area (Å²) in [7, 11) is 0. The summed E-state index contributed by atoms with van der Waals surface area (Å²) in [5.41, 5.74) is 0. The van der Waals surface area contributed by atoms with Gasteiger partial charge in [-0.05, 0) is 0 Å². The van der Waals surface area contributed by atoms with Gasteiger partial charge in [-0.15, -0.1) is 71.0 Å². The summed E-state index contributed by atoms with van der Waals surface area (Å²) in [6.45, 7) is 4.25. The maximum Gasteiger partial charge on any atom is -0.0771 e. The molecule has 0 spiro atoms.